The number of piperidine rings is 1. The van der Waals surface area contributed by atoms with Crippen LogP contribution in [0.5, 0.6) is 0 Å². The second-order valence-electron chi connectivity index (χ2n) is 11.1. The normalized spacial score (nSPS) is 19.1. The van der Waals surface area contributed by atoms with Crippen molar-refractivity contribution in [3.63, 3.8) is 0 Å². The van der Waals surface area contributed by atoms with Crippen LogP contribution >= 0.6 is 11.8 Å². The molecule has 3 aromatic rings. The zero-order valence-electron chi connectivity index (χ0n) is 22.8. The monoisotopic (exact) mass is 538 g/mol. The van der Waals surface area contributed by atoms with Crippen LogP contribution in [0.4, 0.5) is 10.7 Å². The summed E-state index contributed by atoms with van der Waals surface area (Å²) in [5.74, 6) is 1.11. The molecule has 5 rings (SSSR count). The van der Waals surface area contributed by atoms with Crippen molar-refractivity contribution in [1.82, 2.24) is 24.8 Å². The van der Waals surface area contributed by atoms with E-state index in [-0.39, 0.29) is 12.3 Å². The van der Waals surface area contributed by atoms with Crippen molar-refractivity contribution < 1.29 is 14.3 Å². The highest BCUT2D eigenvalue weighted by molar-refractivity contribution is 7.98. The summed E-state index contributed by atoms with van der Waals surface area (Å²) >= 11 is 1.72. The van der Waals surface area contributed by atoms with Gasteiger partial charge in [-0.05, 0) is 77.2 Å². The Morgan fingerprint density at radius 2 is 1.89 bits per heavy atom. The minimum absolute atomic E-state index is 0.0483. The fraction of sp³-hybridized carbons (Fsp3) is 0.571. The van der Waals surface area contributed by atoms with Crippen molar-refractivity contribution in [2.75, 3.05) is 37.4 Å². The lowest BCUT2D eigenvalue weighted by Crippen LogP contribution is -2.40. The minimum Gasteiger partial charge on any atom is -0.444 e. The summed E-state index contributed by atoms with van der Waals surface area (Å²) in [6, 6.07) is 8.47. The largest absolute Gasteiger partial charge is 0.444 e. The van der Waals surface area contributed by atoms with E-state index in [1.165, 1.54) is 4.90 Å². The first-order chi connectivity index (χ1) is 18.3. The highest BCUT2D eigenvalue weighted by atomic mass is 32.2. The molecule has 9 nitrogen and oxygen atoms in total. The Hall–Kier alpha value is -2.85. The molecule has 0 bridgehead atoms. The summed E-state index contributed by atoms with van der Waals surface area (Å²) in [6.07, 6.45) is 8.60. The van der Waals surface area contributed by atoms with Crippen molar-refractivity contribution in [2.45, 2.75) is 69.6 Å². The van der Waals surface area contributed by atoms with E-state index >= 15 is 0 Å². The van der Waals surface area contributed by atoms with Crippen LogP contribution in [-0.2, 0) is 9.47 Å². The van der Waals surface area contributed by atoms with Crippen LogP contribution in [0.3, 0.4) is 0 Å². The number of hydrogen-bond acceptors (Lipinski definition) is 8. The van der Waals surface area contributed by atoms with Crippen molar-refractivity contribution in [1.29, 1.82) is 0 Å². The molecule has 1 N–H and O–H groups in total. The molecule has 0 saturated carbocycles. The van der Waals surface area contributed by atoms with E-state index in [9.17, 15) is 4.79 Å². The molecule has 1 unspecified atom stereocenters. The smallest absolute Gasteiger partial charge is 0.407 e. The maximum Gasteiger partial charge on any atom is 0.407 e. The van der Waals surface area contributed by atoms with Crippen LogP contribution in [0.25, 0.3) is 22.4 Å². The maximum absolute atomic E-state index is 12.1. The Balaban J connectivity index is 1.37. The number of thioether (sulfide) groups is 1. The molecule has 0 aliphatic carbocycles. The van der Waals surface area contributed by atoms with Gasteiger partial charge in [-0.2, -0.15) is 4.98 Å². The van der Waals surface area contributed by atoms with Gasteiger partial charge < -0.3 is 19.7 Å². The number of carbonyl (C=O) groups excluding carboxylic acids is 1. The fourth-order valence-corrected chi connectivity index (χ4v) is 5.44. The molecule has 2 saturated heterocycles. The highest BCUT2D eigenvalue weighted by Gasteiger charge is 2.26. The molecule has 38 heavy (non-hydrogen) atoms. The van der Waals surface area contributed by atoms with E-state index in [1.54, 1.807) is 11.8 Å². The first kappa shape index (κ1) is 26.7. The van der Waals surface area contributed by atoms with Crippen molar-refractivity contribution in [3.05, 3.63) is 30.6 Å². The molecule has 1 atom stereocenters. The Morgan fingerprint density at radius 1 is 1.13 bits per heavy atom. The van der Waals surface area contributed by atoms with Gasteiger partial charge in [0.2, 0.25) is 5.95 Å². The van der Waals surface area contributed by atoms with Gasteiger partial charge in [0, 0.05) is 36.7 Å². The van der Waals surface area contributed by atoms with Crippen LogP contribution in [0, 0.1) is 5.92 Å². The summed E-state index contributed by atoms with van der Waals surface area (Å²) in [4.78, 5) is 30.4. The third kappa shape index (κ3) is 6.23. The lowest BCUT2D eigenvalue weighted by atomic mass is 9.97. The van der Waals surface area contributed by atoms with Crippen LogP contribution in [-0.4, -0.2) is 63.7 Å². The number of anilines is 1. The summed E-state index contributed by atoms with van der Waals surface area (Å²) in [7, 11) is 0. The Morgan fingerprint density at radius 3 is 2.55 bits per heavy atom. The average molecular weight is 539 g/mol. The standard InChI is InChI=1S/C28H38N6O3S/c1-28(2,3)37-27(35)29-17-19-12-14-33(15-13-19)26-31-23(20-8-10-21(38-4)11-9-20)24-25(32-26)34(18-30-24)22-7-5-6-16-36-22/h8-11,18-19,22H,5-7,12-17H2,1-4H3,(H,29,35). The summed E-state index contributed by atoms with van der Waals surface area (Å²) in [6.45, 7) is 8.65. The zero-order chi connectivity index (χ0) is 26.7. The topological polar surface area (TPSA) is 94.4 Å². The van der Waals surface area contributed by atoms with Crippen LogP contribution in [0.15, 0.2) is 35.5 Å². The number of amides is 1. The number of nitrogens with one attached hydrogen (secondary N) is 1. The summed E-state index contributed by atoms with van der Waals surface area (Å²) < 4.78 is 13.5. The number of rotatable bonds is 6. The number of benzene rings is 1. The third-order valence-corrected chi connectivity index (χ3v) is 7.81. The van der Waals surface area contributed by atoms with Gasteiger partial charge in [-0.1, -0.05) is 12.1 Å². The van der Waals surface area contributed by atoms with E-state index in [0.717, 1.165) is 80.2 Å². The number of carbonyl (C=O) groups is 1. The molecule has 2 aliphatic rings. The van der Waals surface area contributed by atoms with Crippen molar-refractivity contribution in [2.24, 2.45) is 5.92 Å². The predicted molar refractivity (Wildman–Crippen MR) is 151 cm³/mol. The number of hydrogen-bond donors (Lipinski definition) is 1. The molecule has 1 aromatic carbocycles. The summed E-state index contributed by atoms with van der Waals surface area (Å²) in [5.41, 5.74) is 3.01. The van der Waals surface area contributed by atoms with Gasteiger partial charge in [0.25, 0.3) is 0 Å². The van der Waals surface area contributed by atoms with Gasteiger partial charge in [-0.3, -0.25) is 4.57 Å². The third-order valence-electron chi connectivity index (χ3n) is 7.07. The average Bonchev–Trinajstić information content (AvgIpc) is 3.35. The SMILES string of the molecule is CSc1ccc(-c2nc(N3CCC(CNC(=O)OC(C)(C)C)CC3)nc3c2ncn3C2CCCCO2)cc1. The highest BCUT2D eigenvalue weighted by Crippen LogP contribution is 2.33. The number of ether oxygens (including phenoxy) is 2. The molecule has 204 valence electrons. The first-order valence-corrected chi connectivity index (χ1v) is 14.8. The number of fused-ring (bicyclic) bond motifs is 1. The number of nitrogens with zero attached hydrogens (tertiary/aromatic N) is 5. The van der Waals surface area contributed by atoms with E-state index < -0.39 is 5.60 Å². The van der Waals surface area contributed by atoms with Gasteiger partial charge in [0.15, 0.2) is 5.65 Å². The Labute approximate surface area is 228 Å². The molecule has 0 spiro atoms. The van der Waals surface area contributed by atoms with Gasteiger partial charge >= 0.3 is 6.09 Å². The van der Waals surface area contributed by atoms with Crippen molar-refractivity contribution in [3.8, 4) is 11.3 Å². The van der Waals surface area contributed by atoms with Gasteiger partial charge in [0.1, 0.15) is 23.0 Å². The van der Waals surface area contributed by atoms with Crippen LogP contribution in [0.2, 0.25) is 0 Å². The molecule has 4 heterocycles. The molecule has 1 amide bonds. The predicted octanol–water partition coefficient (Wildman–Crippen LogP) is 5.66. The second-order valence-corrected chi connectivity index (χ2v) is 11.9. The van der Waals surface area contributed by atoms with Crippen molar-refractivity contribution >= 4 is 35.0 Å². The first-order valence-electron chi connectivity index (χ1n) is 13.5. The molecule has 10 heteroatoms. The quantitative estimate of drug-likeness (QED) is 0.402. The van der Waals surface area contributed by atoms with E-state index in [2.05, 4.69) is 45.3 Å². The van der Waals surface area contributed by atoms with E-state index in [0.29, 0.717) is 12.5 Å². The lowest BCUT2D eigenvalue weighted by Gasteiger charge is -2.32. The van der Waals surface area contributed by atoms with Crippen LogP contribution < -0.4 is 10.2 Å². The zero-order valence-corrected chi connectivity index (χ0v) is 23.6. The van der Waals surface area contributed by atoms with Gasteiger partial charge in [0.05, 0.1) is 6.33 Å². The second kappa shape index (κ2) is 11.5. The fourth-order valence-electron chi connectivity index (χ4n) is 5.03. The molecule has 2 fully saturated rings. The van der Waals surface area contributed by atoms with Crippen LogP contribution in [0.1, 0.15) is 59.1 Å². The number of imidazole rings is 1. The van der Waals surface area contributed by atoms with Gasteiger partial charge in [-0.15, -0.1) is 11.8 Å². The molecular weight excluding hydrogens is 500 g/mol. The number of aromatic nitrogens is 4. The van der Waals surface area contributed by atoms with E-state index in [1.807, 2.05) is 27.1 Å². The molecule has 0 radical (unpaired) electrons. The minimum atomic E-state index is -0.494. The number of alkyl carbamates (subject to hydrolysis) is 1. The lowest BCUT2D eigenvalue weighted by molar-refractivity contribution is -0.0298. The Bertz CT molecular complexity index is 1240. The molecular formula is C28H38N6O3S. The van der Waals surface area contributed by atoms with Gasteiger partial charge in [-0.25, -0.2) is 14.8 Å². The molecule has 2 aliphatic heterocycles. The van der Waals surface area contributed by atoms with E-state index in [4.69, 9.17) is 24.4 Å². The summed E-state index contributed by atoms with van der Waals surface area (Å²) in [5, 5.41) is 2.93. The maximum atomic E-state index is 12.1. The Kier molecular flexibility index (Phi) is 8.09. The molecule has 2 aromatic heterocycles.